The van der Waals surface area contributed by atoms with E-state index >= 15 is 0 Å². The summed E-state index contributed by atoms with van der Waals surface area (Å²) in [5.74, 6) is -5.55. The van der Waals surface area contributed by atoms with Gasteiger partial charge in [0.25, 0.3) is 11.8 Å². The van der Waals surface area contributed by atoms with Crippen molar-refractivity contribution < 1.29 is 27.5 Å². The fourth-order valence-electron chi connectivity index (χ4n) is 2.56. The molecule has 26 heavy (non-hydrogen) atoms. The van der Waals surface area contributed by atoms with Gasteiger partial charge < -0.3 is 15.4 Å². The van der Waals surface area contributed by atoms with Gasteiger partial charge in [-0.2, -0.15) is 0 Å². The van der Waals surface area contributed by atoms with E-state index in [1.165, 1.54) is 18.2 Å². The summed E-state index contributed by atoms with van der Waals surface area (Å²) in [6.07, 6.45) is 0.908. The number of rotatable bonds is 4. The van der Waals surface area contributed by atoms with Gasteiger partial charge in [0.15, 0.2) is 17.5 Å². The minimum absolute atomic E-state index is 0.110. The lowest BCUT2D eigenvalue weighted by molar-refractivity contribution is -0.124. The van der Waals surface area contributed by atoms with Crippen molar-refractivity contribution >= 4 is 23.2 Å². The topological polar surface area (TPSA) is 67.4 Å². The van der Waals surface area contributed by atoms with Crippen molar-refractivity contribution in [1.29, 1.82) is 0 Å². The fourth-order valence-corrected chi connectivity index (χ4v) is 2.56. The smallest absolute Gasteiger partial charge is 0.255 e. The Morgan fingerprint density at radius 3 is 2.58 bits per heavy atom. The van der Waals surface area contributed by atoms with Crippen LogP contribution in [0.4, 0.5) is 24.5 Å². The van der Waals surface area contributed by atoms with Gasteiger partial charge >= 0.3 is 0 Å². The van der Waals surface area contributed by atoms with E-state index in [0.717, 1.165) is 12.5 Å². The van der Waals surface area contributed by atoms with E-state index < -0.39 is 35.2 Å². The standard InChI is InChI=1S/C18H15F3N2O3/c19-12-6-7-13(16(21)15(12)20)23-17(24)10-3-1-4-11(9-10)22-18(25)14-5-2-8-26-14/h1,3-4,6-7,9,14H,2,5,8H2,(H,22,25)(H,23,24). The number of amides is 2. The maximum atomic E-state index is 13.7. The van der Waals surface area contributed by atoms with Crippen LogP contribution in [0.3, 0.4) is 0 Å². The quantitative estimate of drug-likeness (QED) is 0.817. The molecule has 1 atom stereocenters. The molecular formula is C18H15F3N2O3. The highest BCUT2D eigenvalue weighted by atomic mass is 19.2. The fraction of sp³-hybridized carbons (Fsp3) is 0.222. The van der Waals surface area contributed by atoms with Crippen LogP contribution < -0.4 is 10.6 Å². The molecule has 0 aromatic heterocycles. The molecule has 2 aromatic rings. The second-order valence-corrected chi connectivity index (χ2v) is 5.75. The first-order valence-corrected chi connectivity index (χ1v) is 7.93. The SMILES string of the molecule is O=C(Nc1ccc(F)c(F)c1F)c1cccc(NC(=O)C2CCCO2)c1. The van der Waals surface area contributed by atoms with Crippen LogP contribution in [0.5, 0.6) is 0 Å². The van der Waals surface area contributed by atoms with Crippen molar-refractivity contribution in [3.8, 4) is 0 Å². The summed E-state index contributed by atoms with van der Waals surface area (Å²) < 4.78 is 45.1. The molecule has 3 rings (SSSR count). The minimum Gasteiger partial charge on any atom is -0.368 e. The number of ether oxygens (including phenoxy) is 1. The van der Waals surface area contributed by atoms with Gasteiger partial charge in [-0.25, -0.2) is 13.2 Å². The molecule has 0 aliphatic carbocycles. The van der Waals surface area contributed by atoms with Crippen molar-refractivity contribution in [3.05, 3.63) is 59.4 Å². The highest BCUT2D eigenvalue weighted by molar-refractivity contribution is 6.05. The number of anilines is 2. The Bertz CT molecular complexity index is 852. The normalized spacial score (nSPS) is 16.3. The molecule has 136 valence electrons. The van der Waals surface area contributed by atoms with Crippen LogP contribution >= 0.6 is 0 Å². The number of halogens is 3. The van der Waals surface area contributed by atoms with Crippen LogP contribution in [0.1, 0.15) is 23.2 Å². The van der Waals surface area contributed by atoms with Gasteiger partial charge in [0.05, 0.1) is 5.69 Å². The van der Waals surface area contributed by atoms with Gasteiger partial charge in [-0.3, -0.25) is 9.59 Å². The predicted molar refractivity (Wildman–Crippen MR) is 88.3 cm³/mol. The van der Waals surface area contributed by atoms with E-state index in [-0.39, 0.29) is 11.5 Å². The molecule has 1 unspecified atom stereocenters. The van der Waals surface area contributed by atoms with Crippen LogP contribution in [-0.4, -0.2) is 24.5 Å². The Morgan fingerprint density at radius 2 is 1.85 bits per heavy atom. The average Bonchev–Trinajstić information content (AvgIpc) is 3.17. The van der Waals surface area contributed by atoms with E-state index in [9.17, 15) is 22.8 Å². The molecule has 0 bridgehead atoms. The van der Waals surface area contributed by atoms with Crippen molar-refractivity contribution in [2.75, 3.05) is 17.2 Å². The van der Waals surface area contributed by atoms with Crippen LogP contribution in [-0.2, 0) is 9.53 Å². The van der Waals surface area contributed by atoms with Gasteiger partial charge in [-0.15, -0.1) is 0 Å². The Hall–Kier alpha value is -2.87. The zero-order valence-electron chi connectivity index (χ0n) is 13.5. The summed E-state index contributed by atoms with van der Waals surface area (Å²) in [7, 11) is 0. The highest BCUT2D eigenvalue weighted by Gasteiger charge is 2.23. The average molecular weight is 364 g/mol. The van der Waals surface area contributed by atoms with Crippen molar-refractivity contribution in [3.63, 3.8) is 0 Å². The molecule has 0 radical (unpaired) electrons. The number of carbonyl (C=O) groups is 2. The minimum atomic E-state index is -1.67. The lowest BCUT2D eigenvalue weighted by Crippen LogP contribution is -2.27. The van der Waals surface area contributed by atoms with Crippen molar-refractivity contribution in [2.45, 2.75) is 18.9 Å². The van der Waals surface area contributed by atoms with E-state index in [4.69, 9.17) is 4.74 Å². The largest absolute Gasteiger partial charge is 0.368 e. The monoisotopic (exact) mass is 364 g/mol. The second kappa shape index (κ2) is 7.57. The predicted octanol–water partition coefficient (Wildman–Crippen LogP) is 3.47. The first kappa shape index (κ1) is 17.9. The number of nitrogens with one attached hydrogen (secondary N) is 2. The Morgan fingerprint density at radius 1 is 1.04 bits per heavy atom. The van der Waals surface area contributed by atoms with Gasteiger partial charge in [-0.05, 0) is 43.2 Å². The Balaban J connectivity index is 1.72. The van der Waals surface area contributed by atoms with Crippen LogP contribution in [0, 0.1) is 17.5 Å². The van der Waals surface area contributed by atoms with E-state index in [1.807, 2.05) is 0 Å². The molecule has 1 aliphatic heterocycles. The molecule has 0 spiro atoms. The molecule has 8 heteroatoms. The van der Waals surface area contributed by atoms with E-state index in [0.29, 0.717) is 24.8 Å². The van der Waals surface area contributed by atoms with Crippen LogP contribution in [0.2, 0.25) is 0 Å². The summed E-state index contributed by atoms with van der Waals surface area (Å²) in [4.78, 5) is 24.3. The number of hydrogen-bond acceptors (Lipinski definition) is 3. The number of hydrogen-bond donors (Lipinski definition) is 2. The number of benzene rings is 2. The first-order chi connectivity index (χ1) is 12.5. The molecule has 1 heterocycles. The van der Waals surface area contributed by atoms with Crippen molar-refractivity contribution in [1.82, 2.24) is 0 Å². The molecule has 2 aromatic carbocycles. The summed E-state index contributed by atoms with van der Waals surface area (Å²) in [5, 5.41) is 4.82. The zero-order valence-corrected chi connectivity index (χ0v) is 13.5. The lowest BCUT2D eigenvalue weighted by atomic mass is 10.1. The first-order valence-electron chi connectivity index (χ1n) is 7.93. The summed E-state index contributed by atoms with van der Waals surface area (Å²) in [6.45, 7) is 0.528. The third-order valence-electron chi connectivity index (χ3n) is 3.90. The van der Waals surface area contributed by atoms with Gasteiger partial charge in [0, 0.05) is 17.9 Å². The van der Waals surface area contributed by atoms with Crippen molar-refractivity contribution in [2.24, 2.45) is 0 Å². The van der Waals surface area contributed by atoms with E-state index in [1.54, 1.807) is 6.07 Å². The highest BCUT2D eigenvalue weighted by Crippen LogP contribution is 2.21. The molecule has 1 aliphatic rings. The molecular weight excluding hydrogens is 349 g/mol. The Kier molecular flexibility index (Phi) is 5.22. The maximum Gasteiger partial charge on any atom is 0.255 e. The maximum absolute atomic E-state index is 13.7. The van der Waals surface area contributed by atoms with E-state index in [2.05, 4.69) is 10.6 Å². The van der Waals surface area contributed by atoms with Gasteiger partial charge in [-0.1, -0.05) is 6.07 Å². The Labute approximate surface area is 147 Å². The van der Waals surface area contributed by atoms with Crippen LogP contribution in [0.25, 0.3) is 0 Å². The van der Waals surface area contributed by atoms with Gasteiger partial charge in [0.2, 0.25) is 0 Å². The third-order valence-corrected chi connectivity index (χ3v) is 3.90. The molecule has 1 saturated heterocycles. The lowest BCUT2D eigenvalue weighted by Gasteiger charge is -2.12. The van der Waals surface area contributed by atoms with Gasteiger partial charge in [0.1, 0.15) is 6.10 Å². The van der Waals surface area contributed by atoms with Crippen LogP contribution in [0.15, 0.2) is 36.4 Å². The summed E-state index contributed by atoms with van der Waals surface area (Å²) >= 11 is 0. The summed E-state index contributed by atoms with van der Waals surface area (Å²) in [6, 6.07) is 7.58. The molecule has 0 saturated carbocycles. The second-order valence-electron chi connectivity index (χ2n) is 5.75. The molecule has 1 fully saturated rings. The molecule has 5 nitrogen and oxygen atoms in total. The molecule has 2 amide bonds. The zero-order chi connectivity index (χ0) is 18.7. The summed E-state index contributed by atoms with van der Waals surface area (Å²) in [5.41, 5.74) is -0.00845. The molecule has 2 N–H and O–H groups in total. The third kappa shape index (κ3) is 3.85. The number of carbonyl (C=O) groups excluding carboxylic acids is 2.